The lowest BCUT2D eigenvalue weighted by atomic mass is 10.1. The molecule has 0 unspecified atom stereocenters. The third-order valence-electron chi connectivity index (χ3n) is 3.38. The molecule has 0 aliphatic rings. The molecule has 0 spiro atoms. The fourth-order valence-electron chi connectivity index (χ4n) is 2.26. The molecule has 22 heavy (non-hydrogen) atoms. The molecular weight excluding hydrogens is 278 g/mol. The SMILES string of the molecule is O=C(O)c1cccc(NC(=O)c2ccc3ccccc3c2)c1. The van der Waals surface area contributed by atoms with Gasteiger partial charge in [0.2, 0.25) is 0 Å². The van der Waals surface area contributed by atoms with Crippen LogP contribution < -0.4 is 5.32 Å². The van der Waals surface area contributed by atoms with Gasteiger partial charge in [0.1, 0.15) is 0 Å². The van der Waals surface area contributed by atoms with Crippen LogP contribution in [0.2, 0.25) is 0 Å². The van der Waals surface area contributed by atoms with Gasteiger partial charge in [0.15, 0.2) is 0 Å². The number of nitrogens with one attached hydrogen (secondary N) is 1. The zero-order chi connectivity index (χ0) is 15.5. The number of carbonyl (C=O) groups is 2. The lowest BCUT2D eigenvalue weighted by molar-refractivity contribution is 0.0696. The van der Waals surface area contributed by atoms with E-state index in [1.54, 1.807) is 18.2 Å². The molecule has 0 radical (unpaired) electrons. The van der Waals surface area contributed by atoms with Crippen LogP contribution in [0.25, 0.3) is 10.8 Å². The molecule has 3 aromatic carbocycles. The lowest BCUT2D eigenvalue weighted by Gasteiger charge is -2.07. The summed E-state index contributed by atoms with van der Waals surface area (Å²) < 4.78 is 0. The van der Waals surface area contributed by atoms with Crippen LogP contribution in [0, 0.1) is 0 Å². The summed E-state index contributed by atoms with van der Waals surface area (Å²) in [6.45, 7) is 0. The molecule has 1 amide bonds. The maximum absolute atomic E-state index is 12.3. The molecule has 3 rings (SSSR count). The number of carbonyl (C=O) groups excluding carboxylic acids is 1. The number of anilines is 1. The van der Waals surface area contributed by atoms with E-state index in [0.717, 1.165) is 10.8 Å². The van der Waals surface area contributed by atoms with Crippen molar-refractivity contribution in [3.05, 3.63) is 77.9 Å². The van der Waals surface area contributed by atoms with Crippen molar-refractivity contribution in [1.82, 2.24) is 0 Å². The summed E-state index contributed by atoms with van der Waals surface area (Å²) in [5.41, 5.74) is 1.12. The molecule has 3 aromatic rings. The maximum Gasteiger partial charge on any atom is 0.335 e. The van der Waals surface area contributed by atoms with Gasteiger partial charge in [0.25, 0.3) is 5.91 Å². The Kier molecular flexibility index (Phi) is 3.58. The van der Waals surface area contributed by atoms with E-state index < -0.39 is 5.97 Å². The van der Waals surface area contributed by atoms with E-state index in [1.165, 1.54) is 12.1 Å². The summed E-state index contributed by atoms with van der Waals surface area (Å²) >= 11 is 0. The van der Waals surface area contributed by atoms with Crippen molar-refractivity contribution in [1.29, 1.82) is 0 Å². The monoisotopic (exact) mass is 291 g/mol. The van der Waals surface area contributed by atoms with Crippen LogP contribution in [0.4, 0.5) is 5.69 Å². The molecule has 0 bridgehead atoms. The third kappa shape index (κ3) is 2.81. The van der Waals surface area contributed by atoms with Crippen LogP contribution in [0.5, 0.6) is 0 Å². The zero-order valence-corrected chi connectivity index (χ0v) is 11.6. The van der Waals surface area contributed by atoms with Crippen LogP contribution in [-0.2, 0) is 0 Å². The van der Waals surface area contributed by atoms with Crippen LogP contribution in [-0.4, -0.2) is 17.0 Å². The molecular formula is C18H13NO3. The predicted molar refractivity (Wildman–Crippen MR) is 85.3 cm³/mol. The number of hydrogen-bond acceptors (Lipinski definition) is 2. The highest BCUT2D eigenvalue weighted by Gasteiger charge is 2.09. The quantitative estimate of drug-likeness (QED) is 0.771. The van der Waals surface area contributed by atoms with E-state index in [9.17, 15) is 9.59 Å². The molecule has 0 saturated heterocycles. The average molecular weight is 291 g/mol. The molecule has 108 valence electrons. The smallest absolute Gasteiger partial charge is 0.335 e. The molecule has 0 atom stereocenters. The number of carboxylic acid groups (broad SMARTS) is 1. The largest absolute Gasteiger partial charge is 0.478 e. The Hall–Kier alpha value is -3.14. The molecule has 4 nitrogen and oxygen atoms in total. The Bertz CT molecular complexity index is 871. The number of fused-ring (bicyclic) bond motifs is 1. The molecule has 0 fully saturated rings. The highest BCUT2D eigenvalue weighted by atomic mass is 16.4. The number of carboxylic acids is 1. The van der Waals surface area contributed by atoms with E-state index in [4.69, 9.17) is 5.11 Å². The van der Waals surface area contributed by atoms with Gasteiger partial charge in [0.05, 0.1) is 5.56 Å². The molecule has 0 aliphatic heterocycles. The van der Waals surface area contributed by atoms with Gasteiger partial charge in [-0.1, -0.05) is 36.4 Å². The summed E-state index contributed by atoms with van der Waals surface area (Å²) in [7, 11) is 0. The minimum absolute atomic E-state index is 0.135. The third-order valence-corrected chi connectivity index (χ3v) is 3.38. The number of amides is 1. The first-order chi connectivity index (χ1) is 10.6. The van der Waals surface area contributed by atoms with E-state index in [1.807, 2.05) is 36.4 Å². The average Bonchev–Trinajstić information content (AvgIpc) is 2.54. The van der Waals surface area contributed by atoms with Crippen molar-refractivity contribution in [3.8, 4) is 0 Å². The highest BCUT2D eigenvalue weighted by Crippen LogP contribution is 2.17. The standard InChI is InChI=1S/C18H13NO3/c20-17(19-16-7-3-6-15(11-16)18(21)22)14-9-8-12-4-1-2-5-13(12)10-14/h1-11H,(H,19,20)(H,21,22). The van der Waals surface area contributed by atoms with E-state index in [2.05, 4.69) is 5.32 Å². The van der Waals surface area contributed by atoms with E-state index in [-0.39, 0.29) is 11.5 Å². The maximum atomic E-state index is 12.3. The second kappa shape index (κ2) is 5.69. The Labute approximate surface area is 127 Å². The van der Waals surface area contributed by atoms with Crippen molar-refractivity contribution in [2.75, 3.05) is 5.32 Å². The first kappa shape index (κ1) is 13.8. The second-order valence-electron chi connectivity index (χ2n) is 4.90. The summed E-state index contributed by atoms with van der Waals surface area (Å²) in [6.07, 6.45) is 0. The summed E-state index contributed by atoms with van der Waals surface area (Å²) in [5, 5.41) is 13.7. The van der Waals surface area contributed by atoms with Crippen LogP contribution in [0.3, 0.4) is 0 Å². The zero-order valence-electron chi connectivity index (χ0n) is 11.6. The van der Waals surface area contributed by atoms with Crippen molar-refractivity contribution in [2.24, 2.45) is 0 Å². The van der Waals surface area contributed by atoms with Crippen molar-refractivity contribution in [2.45, 2.75) is 0 Å². The topological polar surface area (TPSA) is 66.4 Å². The molecule has 0 aromatic heterocycles. The summed E-state index contributed by atoms with van der Waals surface area (Å²) in [4.78, 5) is 23.2. The summed E-state index contributed by atoms with van der Waals surface area (Å²) in [5.74, 6) is -1.30. The molecule has 2 N–H and O–H groups in total. The first-order valence-corrected chi connectivity index (χ1v) is 6.77. The van der Waals surface area contributed by atoms with Gasteiger partial charge in [-0.2, -0.15) is 0 Å². The Morgan fingerprint density at radius 3 is 2.32 bits per heavy atom. The van der Waals surface area contributed by atoms with Gasteiger partial charge in [-0.05, 0) is 41.1 Å². The Morgan fingerprint density at radius 2 is 1.55 bits per heavy atom. The molecule has 0 aliphatic carbocycles. The second-order valence-corrected chi connectivity index (χ2v) is 4.90. The van der Waals surface area contributed by atoms with Gasteiger partial charge in [-0.25, -0.2) is 4.79 Å². The van der Waals surface area contributed by atoms with Crippen LogP contribution in [0.1, 0.15) is 20.7 Å². The molecule has 0 saturated carbocycles. The number of aromatic carboxylic acids is 1. The molecule has 4 heteroatoms. The summed E-state index contributed by atoms with van der Waals surface area (Å²) in [6, 6.07) is 19.4. The Morgan fingerprint density at radius 1 is 0.773 bits per heavy atom. The predicted octanol–water partition coefficient (Wildman–Crippen LogP) is 3.79. The van der Waals surface area contributed by atoms with Gasteiger partial charge in [0, 0.05) is 11.3 Å². The van der Waals surface area contributed by atoms with Gasteiger partial charge >= 0.3 is 5.97 Å². The first-order valence-electron chi connectivity index (χ1n) is 6.77. The van der Waals surface area contributed by atoms with Gasteiger partial charge in [-0.15, -0.1) is 0 Å². The van der Waals surface area contributed by atoms with Crippen molar-refractivity contribution in [3.63, 3.8) is 0 Å². The fourth-order valence-corrected chi connectivity index (χ4v) is 2.26. The van der Waals surface area contributed by atoms with Crippen LogP contribution >= 0.6 is 0 Å². The van der Waals surface area contributed by atoms with E-state index in [0.29, 0.717) is 11.3 Å². The fraction of sp³-hybridized carbons (Fsp3) is 0. The number of benzene rings is 3. The molecule has 0 heterocycles. The van der Waals surface area contributed by atoms with Gasteiger partial charge < -0.3 is 10.4 Å². The lowest BCUT2D eigenvalue weighted by Crippen LogP contribution is -2.12. The number of hydrogen-bond donors (Lipinski definition) is 2. The van der Waals surface area contributed by atoms with Crippen molar-refractivity contribution < 1.29 is 14.7 Å². The van der Waals surface area contributed by atoms with E-state index >= 15 is 0 Å². The number of rotatable bonds is 3. The highest BCUT2D eigenvalue weighted by molar-refractivity contribution is 6.06. The normalized spacial score (nSPS) is 10.4. The van der Waals surface area contributed by atoms with Crippen LogP contribution in [0.15, 0.2) is 66.7 Å². The van der Waals surface area contributed by atoms with Crippen molar-refractivity contribution >= 4 is 28.3 Å². The Balaban J connectivity index is 1.86. The minimum Gasteiger partial charge on any atom is -0.478 e. The minimum atomic E-state index is -1.03. The van der Waals surface area contributed by atoms with Gasteiger partial charge in [-0.3, -0.25) is 4.79 Å².